The van der Waals surface area contributed by atoms with Gasteiger partial charge in [-0.05, 0) is 19.8 Å². The molecule has 0 aliphatic rings. The van der Waals surface area contributed by atoms with E-state index >= 15 is 0 Å². The molecule has 0 saturated carbocycles. The number of carboxylic acids is 2. The van der Waals surface area contributed by atoms with Crippen LogP contribution < -0.4 is 10.6 Å². The van der Waals surface area contributed by atoms with Crippen LogP contribution in [-0.2, 0) is 32.6 Å². The Morgan fingerprint density at radius 3 is 2.07 bits per heavy atom. The van der Waals surface area contributed by atoms with Gasteiger partial charge in [-0.2, -0.15) is 0 Å². The number of carbonyl (C=O) groups is 4. The lowest BCUT2D eigenvalue weighted by Crippen LogP contribution is -2.46. The van der Waals surface area contributed by atoms with Crippen molar-refractivity contribution >= 4 is 38.9 Å². The third-order valence-corrected chi connectivity index (χ3v) is 7.59. The topological polar surface area (TPSA) is 217 Å². The Morgan fingerprint density at radius 1 is 1.07 bits per heavy atom. The standard InChI is InChI=1S/C14H26N2O11P2/c1-3-15-13(20)11(16-9(2)17)6-7-28(23,27-29(24,25)26)8-10(14(21)22)4-5-12(18)19/h10-11H,3-8H2,1-2H3,(H,15,20)(H,16,17)(H,18,19)(H,21,22)(H2,24,25,26)/t10-,11-,28+/m1/s1. The number of hydrogen-bond donors (Lipinski definition) is 6. The molecule has 6 N–H and O–H groups in total. The lowest BCUT2D eigenvalue weighted by atomic mass is 10.1. The molecule has 0 radical (unpaired) electrons. The summed E-state index contributed by atoms with van der Waals surface area (Å²) in [6.07, 6.45) is -2.83. The SMILES string of the molecule is CCNC(=O)[C@@H](CC[P@@](=O)(C[C@@H](CCC(=O)O)C(=O)O)OP(=O)(O)O)NC(C)=O. The predicted octanol–water partition coefficient (Wildman–Crippen LogP) is -0.0297. The smallest absolute Gasteiger partial charge is 0.475 e. The molecule has 0 spiro atoms. The lowest BCUT2D eigenvalue weighted by molar-refractivity contribution is -0.142. The van der Waals surface area contributed by atoms with Crippen LogP contribution in [0.25, 0.3) is 0 Å². The molecule has 0 rings (SSSR count). The molecule has 0 bridgehead atoms. The first kappa shape index (κ1) is 27.2. The Hall–Kier alpha value is -1.78. The third-order valence-electron chi connectivity index (χ3n) is 3.61. The van der Waals surface area contributed by atoms with E-state index < -0.39 is 76.1 Å². The zero-order valence-electron chi connectivity index (χ0n) is 15.9. The number of hydrogen-bond acceptors (Lipinski definition) is 7. The van der Waals surface area contributed by atoms with Gasteiger partial charge in [0.05, 0.1) is 5.92 Å². The molecule has 0 aromatic heterocycles. The normalized spacial score (nSPS) is 15.6. The van der Waals surface area contributed by atoms with E-state index in [0.29, 0.717) is 0 Å². The fourth-order valence-electron chi connectivity index (χ4n) is 2.42. The van der Waals surface area contributed by atoms with Crippen molar-refractivity contribution in [1.29, 1.82) is 0 Å². The van der Waals surface area contributed by atoms with E-state index in [9.17, 15) is 33.4 Å². The second kappa shape index (κ2) is 12.0. The number of carboxylic acid groups (broad SMARTS) is 2. The highest BCUT2D eigenvalue weighted by molar-refractivity contribution is 7.67. The van der Waals surface area contributed by atoms with Crippen LogP contribution in [-0.4, -0.2) is 68.7 Å². The molecule has 29 heavy (non-hydrogen) atoms. The summed E-state index contributed by atoms with van der Waals surface area (Å²) < 4.78 is 28.6. The maximum absolute atomic E-state index is 13.0. The highest BCUT2D eigenvalue weighted by Crippen LogP contribution is 2.61. The molecule has 0 aliphatic heterocycles. The van der Waals surface area contributed by atoms with Gasteiger partial charge in [0.2, 0.25) is 19.2 Å². The fourth-order valence-corrected chi connectivity index (χ4v) is 6.41. The average molecular weight is 460 g/mol. The van der Waals surface area contributed by atoms with Crippen LogP contribution in [0.2, 0.25) is 0 Å². The van der Waals surface area contributed by atoms with Gasteiger partial charge >= 0.3 is 19.8 Å². The van der Waals surface area contributed by atoms with E-state index in [-0.39, 0.29) is 13.0 Å². The number of carbonyl (C=O) groups excluding carboxylic acids is 2. The second-order valence-corrected chi connectivity index (χ2v) is 10.3. The summed E-state index contributed by atoms with van der Waals surface area (Å²) in [4.78, 5) is 63.4. The van der Waals surface area contributed by atoms with Crippen LogP contribution >= 0.6 is 15.2 Å². The zero-order valence-corrected chi connectivity index (χ0v) is 17.7. The zero-order chi connectivity index (χ0) is 22.8. The van der Waals surface area contributed by atoms with Crippen LogP contribution in [0.4, 0.5) is 0 Å². The quantitative estimate of drug-likeness (QED) is 0.189. The van der Waals surface area contributed by atoms with E-state index in [0.717, 1.165) is 6.92 Å². The Balaban J connectivity index is 5.54. The number of likely N-dealkylation sites (N-methyl/N-ethyl adjacent to an activating group) is 1. The van der Waals surface area contributed by atoms with Crippen LogP contribution in [0.3, 0.4) is 0 Å². The van der Waals surface area contributed by atoms with Gasteiger partial charge in [0.25, 0.3) is 0 Å². The maximum Gasteiger partial charge on any atom is 0.475 e. The monoisotopic (exact) mass is 460 g/mol. The van der Waals surface area contributed by atoms with Crippen LogP contribution in [0.15, 0.2) is 0 Å². The molecule has 13 nitrogen and oxygen atoms in total. The number of aliphatic carboxylic acids is 2. The third kappa shape index (κ3) is 12.4. The predicted molar refractivity (Wildman–Crippen MR) is 99.4 cm³/mol. The van der Waals surface area contributed by atoms with E-state index in [2.05, 4.69) is 14.9 Å². The second-order valence-electron chi connectivity index (χ2n) is 6.20. The van der Waals surface area contributed by atoms with Gasteiger partial charge in [0.15, 0.2) is 0 Å². The Morgan fingerprint density at radius 2 is 1.66 bits per heavy atom. The van der Waals surface area contributed by atoms with E-state index in [1.165, 1.54) is 0 Å². The van der Waals surface area contributed by atoms with Gasteiger partial charge in [0.1, 0.15) is 6.04 Å². The molecule has 0 aliphatic carbocycles. The summed E-state index contributed by atoms with van der Waals surface area (Å²) in [6, 6.07) is -1.19. The van der Waals surface area contributed by atoms with Crippen LogP contribution in [0, 0.1) is 5.92 Å². The van der Waals surface area contributed by atoms with E-state index in [1.54, 1.807) is 6.92 Å². The Labute approximate surface area is 166 Å². The molecular weight excluding hydrogens is 434 g/mol. The van der Waals surface area contributed by atoms with Crippen molar-refractivity contribution in [3.63, 3.8) is 0 Å². The first-order chi connectivity index (χ1) is 13.2. The van der Waals surface area contributed by atoms with Gasteiger partial charge in [0, 0.05) is 32.2 Å². The number of phosphoric acid groups is 1. The van der Waals surface area contributed by atoms with Crippen molar-refractivity contribution in [2.24, 2.45) is 5.92 Å². The van der Waals surface area contributed by atoms with Gasteiger partial charge in [-0.25, -0.2) is 8.88 Å². The van der Waals surface area contributed by atoms with Crippen molar-refractivity contribution < 1.29 is 52.6 Å². The molecule has 0 saturated heterocycles. The molecule has 0 heterocycles. The maximum atomic E-state index is 13.0. The number of rotatable bonds is 14. The summed E-state index contributed by atoms with van der Waals surface area (Å²) in [7, 11) is -9.63. The molecular formula is C14H26N2O11P2. The van der Waals surface area contributed by atoms with Crippen LogP contribution in [0.5, 0.6) is 0 Å². The molecule has 3 atom stereocenters. The van der Waals surface area contributed by atoms with Gasteiger partial charge < -0.3 is 30.6 Å². The Bertz CT molecular complexity index is 706. The van der Waals surface area contributed by atoms with Gasteiger partial charge in [-0.1, -0.05) is 0 Å². The van der Waals surface area contributed by atoms with Crippen molar-refractivity contribution in [2.75, 3.05) is 18.9 Å². The summed E-state index contributed by atoms with van der Waals surface area (Å²) >= 11 is 0. The largest absolute Gasteiger partial charge is 0.481 e. The molecule has 0 aromatic carbocycles. The molecule has 168 valence electrons. The van der Waals surface area contributed by atoms with Gasteiger partial charge in [-0.15, -0.1) is 0 Å². The van der Waals surface area contributed by atoms with E-state index in [4.69, 9.17) is 14.9 Å². The van der Waals surface area contributed by atoms with Crippen LogP contribution in [0.1, 0.15) is 33.1 Å². The number of nitrogens with one attached hydrogen (secondary N) is 2. The summed E-state index contributed by atoms with van der Waals surface area (Å²) in [6.45, 7) is 2.97. The summed E-state index contributed by atoms with van der Waals surface area (Å²) in [5, 5.41) is 22.6. The van der Waals surface area contributed by atoms with Crippen molar-refractivity contribution in [2.45, 2.75) is 39.2 Å². The lowest BCUT2D eigenvalue weighted by Gasteiger charge is -2.24. The number of amides is 2. The molecule has 0 unspecified atom stereocenters. The first-order valence-corrected chi connectivity index (χ1v) is 12.1. The highest BCUT2D eigenvalue weighted by Gasteiger charge is 2.38. The molecule has 2 amide bonds. The fraction of sp³-hybridized carbons (Fsp3) is 0.714. The minimum absolute atomic E-state index is 0.224. The molecule has 15 heteroatoms. The minimum Gasteiger partial charge on any atom is -0.481 e. The Kier molecular flexibility index (Phi) is 11.3. The van der Waals surface area contributed by atoms with E-state index in [1.807, 2.05) is 0 Å². The summed E-state index contributed by atoms with van der Waals surface area (Å²) in [5.74, 6) is -5.54. The minimum atomic E-state index is -5.30. The highest BCUT2D eigenvalue weighted by atomic mass is 31.3. The average Bonchev–Trinajstić information content (AvgIpc) is 2.53. The van der Waals surface area contributed by atoms with Crippen molar-refractivity contribution in [3.05, 3.63) is 0 Å². The first-order valence-electron chi connectivity index (χ1n) is 8.53. The van der Waals surface area contributed by atoms with Crippen molar-refractivity contribution in [1.82, 2.24) is 10.6 Å². The molecule has 0 fully saturated rings. The molecule has 0 aromatic rings. The van der Waals surface area contributed by atoms with Gasteiger partial charge in [-0.3, -0.25) is 23.7 Å². The summed E-state index contributed by atoms with van der Waals surface area (Å²) in [5.41, 5.74) is 0. The van der Waals surface area contributed by atoms with Crippen molar-refractivity contribution in [3.8, 4) is 0 Å².